The van der Waals surface area contributed by atoms with Gasteiger partial charge in [-0.1, -0.05) is 0 Å². The zero-order valence-corrected chi connectivity index (χ0v) is 12.9. The number of hydrogen-bond donors (Lipinski definition) is 1. The van der Waals surface area contributed by atoms with Gasteiger partial charge in [-0.2, -0.15) is 11.8 Å². The van der Waals surface area contributed by atoms with E-state index in [1.807, 2.05) is 11.8 Å². The lowest BCUT2D eigenvalue weighted by molar-refractivity contribution is 0.447. The van der Waals surface area contributed by atoms with Crippen molar-refractivity contribution in [1.82, 2.24) is 9.21 Å². The van der Waals surface area contributed by atoms with Crippen molar-refractivity contribution in [3.63, 3.8) is 0 Å². The molecule has 1 unspecified atom stereocenters. The summed E-state index contributed by atoms with van der Waals surface area (Å²) < 4.78 is 24.4. The van der Waals surface area contributed by atoms with Gasteiger partial charge in [0, 0.05) is 44.2 Å². The molecule has 0 aromatic heterocycles. The van der Waals surface area contributed by atoms with Gasteiger partial charge in [-0.15, -0.1) is 0 Å². The topological polar surface area (TPSA) is 79.0 Å². The van der Waals surface area contributed by atoms with Crippen LogP contribution < -0.4 is 5.73 Å². The van der Waals surface area contributed by atoms with E-state index in [4.69, 9.17) is 5.73 Å². The highest BCUT2D eigenvalue weighted by Crippen LogP contribution is 2.19. The molecule has 1 atom stereocenters. The Hall–Kier alpha value is -0.470. The van der Waals surface area contributed by atoms with Crippen molar-refractivity contribution in [2.45, 2.75) is 6.42 Å². The molecular formula is C11H22N4O2S2. The molecule has 2 rings (SSSR count). The second kappa shape index (κ2) is 6.32. The van der Waals surface area contributed by atoms with Crippen molar-refractivity contribution in [3.05, 3.63) is 0 Å². The highest BCUT2D eigenvalue weighted by Gasteiger charge is 2.28. The summed E-state index contributed by atoms with van der Waals surface area (Å²) in [7, 11) is -3.05. The Morgan fingerprint density at radius 1 is 1.37 bits per heavy atom. The van der Waals surface area contributed by atoms with Crippen LogP contribution in [-0.4, -0.2) is 74.1 Å². The second-order valence-electron chi connectivity index (χ2n) is 5.07. The molecule has 0 radical (unpaired) electrons. The van der Waals surface area contributed by atoms with Crippen LogP contribution >= 0.6 is 11.8 Å². The number of aliphatic imine (C=N–C) groups is 1. The molecule has 19 heavy (non-hydrogen) atoms. The van der Waals surface area contributed by atoms with Crippen molar-refractivity contribution in [2.75, 3.05) is 50.5 Å². The summed E-state index contributed by atoms with van der Waals surface area (Å²) in [4.78, 5) is 6.55. The first-order chi connectivity index (χ1) is 8.97. The van der Waals surface area contributed by atoms with Gasteiger partial charge in [0.05, 0.1) is 6.26 Å². The lowest BCUT2D eigenvalue weighted by atomic mass is 10.1. The van der Waals surface area contributed by atoms with E-state index in [2.05, 4.69) is 9.89 Å². The molecule has 0 spiro atoms. The van der Waals surface area contributed by atoms with Crippen molar-refractivity contribution < 1.29 is 8.42 Å². The number of guanidine groups is 1. The van der Waals surface area contributed by atoms with Crippen LogP contribution in [0.1, 0.15) is 6.42 Å². The summed E-state index contributed by atoms with van der Waals surface area (Å²) in [6, 6.07) is 0. The van der Waals surface area contributed by atoms with E-state index in [1.54, 1.807) is 0 Å². The molecule has 2 aliphatic heterocycles. The second-order valence-corrected chi connectivity index (χ2v) is 8.28. The molecule has 0 aliphatic carbocycles. The Morgan fingerprint density at radius 2 is 2.05 bits per heavy atom. The van der Waals surface area contributed by atoms with E-state index in [1.165, 1.54) is 10.6 Å². The first-order valence-corrected chi connectivity index (χ1v) is 9.55. The molecular weight excluding hydrogens is 284 g/mol. The van der Waals surface area contributed by atoms with Crippen molar-refractivity contribution in [3.8, 4) is 0 Å². The van der Waals surface area contributed by atoms with E-state index >= 15 is 0 Å². The average Bonchev–Trinajstić information content (AvgIpc) is 2.86. The number of thioether (sulfide) groups is 1. The molecule has 0 aromatic rings. The van der Waals surface area contributed by atoms with E-state index in [-0.39, 0.29) is 0 Å². The Morgan fingerprint density at radius 3 is 2.63 bits per heavy atom. The summed E-state index contributed by atoms with van der Waals surface area (Å²) in [6.45, 7) is 3.73. The average molecular weight is 306 g/mol. The first-order valence-electron chi connectivity index (χ1n) is 6.54. The summed E-state index contributed by atoms with van der Waals surface area (Å²) in [5, 5.41) is 0. The van der Waals surface area contributed by atoms with Crippen molar-refractivity contribution in [1.29, 1.82) is 0 Å². The lowest BCUT2D eigenvalue weighted by Crippen LogP contribution is -2.43. The van der Waals surface area contributed by atoms with Crippen LogP contribution in [0, 0.1) is 5.92 Å². The summed E-state index contributed by atoms with van der Waals surface area (Å²) in [5.74, 6) is 3.11. The number of rotatable bonds is 3. The molecule has 2 aliphatic rings. The lowest BCUT2D eigenvalue weighted by Gasteiger charge is -2.27. The third-order valence-corrected chi connectivity index (χ3v) is 5.78. The Balaban J connectivity index is 1.82. The number of hydrogen-bond acceptors (Lipinski definition) is 4. The van der Waals surface area contributed by atoms with Crippen molar-refractivity contribution in [2.24, 2.45) is 16.6 Å². The molecule has 0 aromatic carbocycles. The van der Waals surface area contributed by atoms with Crippen LogP contribution in [0.5, 0.6) is 0 Å². The van der Waals surface area contributed by atoms with Gasteiger partial charge in [0.2, 0.25) is 10.0 Å². The van der Waals surface area contributed by atoms with E-state index < -0.39 is 10.0 Å². The van der Waals surface area contributed by atoms with Gasteiger partial charge in [0.15, 0.2) is 5.96 Å². The smallest absolute Gasteiger partial charge is 0.211 e. The standard InChI is InChI=1S/C11H22N4O2S2/c1-19(16,17)15-3-2-10(9-15)8-13-11(12)14-4-6-18-7-5-14/h10H,2-9H2,1H3,(H2,12,13). The fraction of sp³-hybridized carbons (Fsp3) is 0.909. The van der Waals surface area contributed by atoms with E-state index in [9.17, 15) is 8.42 Å². The zero-order valence-electron chi connectivity index (χ0n) is 11.3. The Kier molecular flexibility index (Phi) is 4.97. The van der Waals surface area contributed by atoms with Crippen LogP contribution in [-0.2, 0) is 10.0 Å². The molecule has 0 amide bonds. The maximum Gasteiger partial charge on any atom is 0.211 e. The highest BCUT2D eigenvalue weighted by atomic mass is 32.2. The van der Waals surface area contributed by atoms with E-state index in [0.717, 1.165) is 31.0 Å². The minimum atomic E-state index is -3.05. The maximum atomic E-state index is 11.4. The van der Waals surface area contributed by atoms with Gasteiger partial charge in [-0.25, -0.2) is 12.7 Å². The van der Waals surface area contributed by atoms with Crippen LogP contribution in [0.2, 0.25) is 0 Å². The normalized spacial score (nSPS) is 26.9. The van der Waals surface area contributed by atoms with Crippen LogP contribution in [0.25, 0.3) is 0 Å². The summed E-state index contributed by atoms with van der Waals surface area (Å²) in [6.07, 6.45) is 2.14. The first kappa shape index (κ1) is 14.9. The van der Waals surface area contributed by atoms with Gasteiger partial charge in [-0.3, -0.25) is 4.99 Å². The van der Waals surface area contributed by atoms with Crippen molar-refractivity contribution >= 4 is 27.7 Å². The molecule has 2 fully saturated rings. The summed E-state index contributed by atoms with van der Waals surface area (Å²) in [5.41, 5.74) is 5.98. The maximum absolute atomic E-state index is 11.4. The highest BCUT2D eigenvalue weighted by molar-refractivity contribution is 7.99. The monoisotopic (exact) mass is 306 g/mol. The molecule has 0 saturated carbocycles. The molecule has 2 heterocycles. The number of sulfonamides is 1. The summed E-state index contributed by atoms with van der Waals surface area (Å²) >= 11 is 1.94. The van der Waals surface area contributed by atoms with Gasteiger partial charge in [0.1, 0.15) is 0 Å². The predicted molar refractivity (Wildman–Crippen MR) is 79.9 cm³/mol. The van der Waals surface area contributed by atoms with Gasteiger partial charge >= 0.3 is 0 Å². The minimum absolute atomic E-state index is 0.299. The zero-order chi connectivity index (χ0) is 13.9. The Bertz CT molecular complexity index is 432. The third-order valence-electron chi connectivity index (χ3n) is 3.56. The van der Waals surface area contributed by atoms with Crippen LogP contribution in [0.15, 0.2) is 4.99 Å². The molecule has 2 saturated heterocycles. The Labute approximate surface area is 119 Å². The largest absolute Gasteiger partial charge is 0.370 e. The molecule has 0 bridgehead atoms. The van der Waals surface area contributed by atoms with Crippen LogP contribution in [0.4, 0.5) is 0 Å². The van der Waals surface area contributed by atoms with Gasteiger partial charge in [-0.05, 0) is 12.3 Å². The number of nitrogens with two attached hydrogens (primary N) is 1. The molecule has 8 heteroatoms. The minimum Gasteiger partial charge on any atom is -0.370 e. The fourth-order valence-corrected chi connectivity index (χ4v) is 4.18. The molecule has 110 valence electrons. The fourth-order valence-electron chi connectivity index (χ4n) is 2.36. The third kappa shape index (κ3) is 4.25. The van der Waals surface area contributed by atoms with Crippen LogP contribution in [0.3, 0.4) is 0 Å². The van der Waals surface area contributed by atoms with Gasteiger partial charge in [0.25, 0.3) is 0 Å². The van der Waals surface area contributed by atoms with E-state index in [0.29, 0.717) is 31.5 Å². The SMILES string of the molecule is CS(=O)(=O)N1CCC(CN=C(N)N2CCSCC2)C1. The van der Waals surface area contributed by atoms with Gasteiger partial charge < -0.3 is 10.6 Å². The molecule has 2 N–H and O–H groups in total. The predicted octanol–water partition coefficient (Wildman–Crippen LogP) is -0.369. The quantitative estimate of drug-likeness (QED) is 0.568. The molecule has 6 nitrogen and oxygen atoms in total. The number of nitrogens with zero attached hydrogens (tertiary/aromatic N) is 3.